The van der Waals surface area contributed by atoms with Gasteiger partial charge in [0.25, 0.3) is 11.8 Å². The van der Waals surface area contributed by atoms with Crippen LogP contribution in [0.1, 0.15) is 23.2 Å². The van der Waals surface area contributed by atoms with E-state index < -0.39 is 5.54 Å². The molecule has 3 aromatic carbocycles. The number of benzene rings is 3. The largest absolute Gasteiger partial charge is 0.497 e. The summed E-state index contributed by atoms with van der Waals surface area (Å²) in [7, 11) is 1.58. The molecule has 0 atom stereocenters. The number of para-hydroxylation sites is 1. The van der Waals surface area contributed by atoms with E-state index in [0.29, 0.717) is 53.0 Å². The summed E-state index contributed by atoms with van der Waals surface area (Å²) in [5, 5.41) is 3.61. The molecule has 2 saturated heterocycles. The van der Waals surface area contributed by atoms with Gasteiger partial charge in [-0.2, -0.15) is 0 Å². The van der Waals surface area contributed by atoms with Gasteiger partial charge in [-0.25, -0.2) is 0 Å². The van der Waals surface area contributed by atoms with E-state index in [1.165, 1.54) is 0 Å². The van der Waals surface area contributed by atoms with Crippen LogP contribution in [0.15, 0.2) is 72.8 Å². The monoisotopic (exact) mass is 566 g/mol. The van der Waals surface area contributed by atoms with Crippen LogP contribution in [0.4, 0.5) is 11.4 Å². The van der Waals surface area contributed by atoms with E-state index in [-0.39, 0.29) is 30.9 Å². The van der Waals surface area contributed by atoms with Crippen molar-refractivity contribution >= 4 is 52.3 Å². The molecule has 202 valence electrons. The molecule has 3 aromatic rings. The number of halogens is 2. The van der Waals surface area contributed by atoms with Gasteiger partial charge in [0.2, 0.25) is 5.91 Å². The lowest BCUT2D eigenvalue weighted by Crippen LogP contribution is -2.57. The second-order valence-corrected chi connectivity index (χ2v) is 10.5. The molecule has 0 aromatic heterocycles. The minimum Gasteiger partial charge on any atom is -0.497 e. The number of rotatable bonds is 6. The highest BCUT2D eigenvalue weighted by molar-refractivity contribution is 6.36. The standard InChI is InChI=1S/C29H28Cl2N4O4/c1-39-23-10-8-21(9-11-23)32-26(36)18-34-19-35(22-5-3-2-4-6-22)29(28(34)38)13-15-33(16-14-29)27(37)24-12-7-20(30)17-25(24)31/h2-12,17H,13-16,18-19H2,1H3,(H,32,36). The summed E-state index contributed by atoms with van der Waals surface area (Å²) < 4.78 is 5.16. The average molecular weight is 567 g/mol. The van der Waals surface area contributed by atoms with Gasteiger partial charge in [0, 0.05) is 29.5 Å². The van der Waals surface area contributed by atoms with E-state index in [4.69, 9.17) is 27.9 Å². The Morgan fingerprint density at radius 1 is 0.974 bits per heavy atom. The van der Waals surface area contributed by atoms with Crippen molar-refractivity contribution in [2.45, 2.75) is 18.4 Å². The Balaban J connectivity index is 1.33. The zero-order valence-electron chi connectivity index (χ0n) is 21.4. The van der Waals surface area contributed by atoms with Crippen LogP contribution in [0.5, 0.6) is 5.75 Å². The molecule has 0 bridgehead atoms. The molecule has 0 aliphatic carbocycles. The SMILES string of the molecule is COc1ccc(NC(=O)CN2CN(c3ccccc3)C3(CCN(C(=O)c4ccc(Cl)cc4Cl)CC3)C2=O)cc1. The molecule has 8 nitrogen and oxygen atoms in total. The Bertz CT molecular complexity index is 1380. The number of carbonyl (C=O) groups excluding carboxylic acids is 3. The summed E-state index contributed by atoms with van der Waals surface area (Å²) in [4.78, 5) is 45.4. The third-order valence-corrected chi connectivity index (χ3v) is 7.88. The number of hydrogen-bond acceptors (Lipinski definition) is 5. The van der Waals surface area contributed by atoms with Crippen LogP contribution in [0, 0.1) is 0 Å². The first-order chi connectivity index (χ1) is 18.8. The number of hydrogen-bond donors (Lipinski definition) is 1. The van der Waals surface area contributed by atoms with Gasteiger partial charge in [0.1, 0.15) is 17.8 Å². The molecule has 1 N–H and O–H groups in total. The number of piperidine rings is 1. The number of carbonyl (C=O) groups is 3. The minimum absolute atomic E-state index is 0.0844. The first-order valence-corrected chi connectivity index (χ1v) is 13.4. The van der Waals surface area contributed by atoms with Gasteiger partial charge in [-0.1, -0.05) is 41.4 Å². The molecule has 2 aliphatic heterocycles. The fourth-order valence-electron chi connectivity index (χ4n) is 5.28. The number of ether oxygens (including phenoxy) is 1. The van der Waals surface area contributed by atoms with Crippen molar-refractivity contribution < 1.29 is 19.1 Å². The maximum atomic E-state index is 13.9. The summed E-state index contributed by atoms with van der Waals surface area (Å²) in [6.07, 6.45) is 0.850. The van der Waals surface area contributed by atoms with Gasteiger partial charge in [-0.05, 0) is 67.4 Å². The van der Waals surface area contributed by atoms with Crippen molar-refractivity contribution in [3.05, 3.63) is 88.4 Å². The predicted molar refractivity (Wildman–Crippen MR) is 151 cm³/mol. The topological polar surface area (TPSA) is 82.2 Å². The number of amides is 3. The van der Waals surface area contributed by atoms with Gasteiger partial charge >= 0.3 is 0 Å². The number of anilines is 2. The molecule has 2 aliphatic rings. The fraction of sp³-hybridized carbons (Fsp3) is 0.276. The van der Waals surface area contributed by atoms with Crippen molar-refractivity contribution in [1.82, 2.24) is 9.80 Å². The summed E-state index contributed by atoms with van der Waals surface area (Å²) in [6.45, 7) is 0.937. The summed E-state index contributed by atoms with van der Waals surface area (Å²) >= 11 is 12.3. The van der Waals surface area contributed by atoms with Gasteiger partial charge < -0.3 is 24.8 Å². The third kappa shape index (κ3) is 5.40. The number of nitrogens with one attached hydrogen (secondary N) is 1. The summed E-state index contributed by atoms with van der Waals surface area (Å²) in [5.41, 5.74) is 1.04. The Labute approximate surface area is 237 Å². The minimum atomic E-state index is -0.859. The van der Waals surface area contributed by atoms with Crippen LogP contribution in [0.3, 0.4) is 0 Å². The third-order valence-electron chi connectivity index (χ3n) is 7.33. The van der Waals surface area contributed by atoms with Gasteiger partial charge in [0.05, 0.1) is 24.4 Å². The van der Waals surface area contributed by atoms with Gasteiger partial charge in [-0.3, -0.25) is 14.4 Å². The highest BCUT2D eigenvalue weighted by Gasteiger charge is 2.54. The lowest BCUT2D eigenvalue weighted by atomic mass is 9.85. The molecule has 2 fully saturated rings. The van der Waals surface area contributed by atoms with Crippen molar-refractivity contribution in [1.29, 1.82) is 0 Å². The van der Waals surface area contributed by atoms with Crippen LogP contribution in [-0.4, -0.2) is 66.5 Å². The highest BCUT2D eigenvalue weighted by atomic mass is 35.5. The zero-order chi connectivity index (χ0) is 27.6. The smallest absolute Gasteiger partial charge is 0.255 e. The normalized spacial score (nSPS) is 16.5. The van der Waals surface area contributed by atoms with Gasteiger partial charge in [0.15, 0.2) is 0 Å². The molecule has 5 rings (SSSR count). The Morgan fingerprint density at radius 3 is 2.31 bits per heavy atom. The summed E-state index contributed by atoms with van der Waals surface area (Å²) in [6, 6.07) is 21.5. The molecular formula is C29H28Cl2N4O4. The molecule has 3 amide bonds. The Kier molecular flexibility index (Phi) is 7.68. The molecule has 0 radical (unpaired) electrons. The molecule has 10 heteroatoms. The lowest BCUT2D eigenvalue weighted by Gasteiger charge is -2.43. The van der Waals surface area contributed by atoms with Crippen LogP contribution in [0.2, 0.25) is 10.0 Å². The van der Waals surface area contributed by atoms with Crippen LogP contribution in [-0.2, 0) is 9.59 Å². The first kappa shape index (κ1) is 26.8. The van der Waals surface area contributed by atoms with E-state index in [9.17, 15) is 14.4 Å². The van der Waals surface area contributed by atoms with E-state index in [1.807, 2.05) is 30.3 Å². The Hall–Kier alpha value is -3.75. The van der Waals surface area contributed by atoms with E-state index in [2.05, 4.69) is 10.2 Å². The lowest BCUT2D eigenvalue weighted by molar-refractivity contribution is -0.136. The van der Waals surface area contributed by atoms with E-state index in [1.54, 1.807) is 59.4 Å². The predicted octanol–water partition coefficient (Wildman–Crippen LogP) is 4.92. The molecule has 0 saturated carbocycles. The van der Waals surface area contributed by atoms with Crippen LogP contribution >= 0.6 is 23.2 Å². The van der Waals surface area contributed by atoms with E-state index in [0.717, 1.165) is 5.69 Å². The second-order valence-electron chi connectivity index (χ2n) is 9.63. The van der Waals surface area contributed by atoms with Gasteiger partial charge in [-0.15, -0.1) is 0 Å². The maximum absolute atomic E-state index is 13.9. The molecule has 39 heavy (non-hydrogen) atoms. The van der Waals surface area contributed by atoms with Crippen molar-refractivity contribution in [2.24, 2.45) is 0 Å². The average Bonchev–Trinajstić information content (AvgIpc) is 3.20. The van der Waals surface area contributed by atoms with Crippen LogP contribution < -0.4 is 15.0 Å². The van der Waals surface area contributed by atoms with Crippen molar-refractivity contribution in [3.8, 4) is 5.75 Å². The van der Waals surface area contributed by atoms with Crippen LogP contribution in [0.25, 0.3) is 0 Å². The molecule has 2 heterocycles. The maximum Gasteiger partial charge on any atom is 0.255 e. The molecule has 1 spiro atoms. The van der Waals surface area contributed by atoms with Crippen molar-refractivity contribution in [3.63, 3.8) is 0 Å². The first-order valence-electron chi connectivity index (χ1n) is 12.6. The highest BCUT2D eigenvalue weighted by Crippen LogP contribution is 2.40. The molecular weight excluding hydrogens is 539 g/mol. The summed E-state index contributed by atoms with van der Waals surface area (Å²) in [5.74, 6) is 0.0849. The fourth-order valence-corrected chi connectivity index (χ4v) is 5.77. The number of methoxy groups -OCH3 is 1. The number of nitrogens with zero attached hydrogens (tertiary/aromatic N) is 3. The quantitative estimate of drug-likeness (QED) is 0.458. The number of likely N-dealkylation sites (tertiary alicyclic amines) is 1. The Morgan fingerprint density at radius 2 is 1.67 bits per heavy atom. The molecule has 0 unspecified atom stereocenters. The second kappa shape index (κ2) is 11.2. The zero-order valence-corrected chi connectivity index (χ0v) is 22.9. The van der Waals surface area contributed by atoms with Crippen molar-refractivity contribution in [2.75, 3.05) is 43.6 Å². The van der Waals surface area contributed by atoms with E-state index >= 15 is 0 Å².